The molecule has 1 aromatic rings. The van der Waals surface area contributed by atoms with Crippen LogP contribution in [0.2, 0.25) is 5.02 Å². The van der Waals surface area contributed by atoms with Crippen LogP contribution in [0.15, 0.2) is 24.3 Å². The summed E-state index contributed by atoms with van der Waals surface area (Å²) < 4.78 is 0. The first-order chi connectivity index (χ1) is 8.25. The van der Waals surface area contributed by atoms with Crippen molar-refractivity contribution in [3.63, 3.8) is 0 Å². The van der Waals surface area contributed by atoms with Crippen LogP contribution < -0.4 is 10.6 Å². The summed E-state index contributed by atoms with van der Waals surface area (Å²) in [4.78, 5) is 11.8. The van der Waals surface area contributed by atoms with Crippen LogP contribution in [0.5, 0.6) is 0 Å². The molecule has 0 bridgehead atoms. The molecule has 1 fully saturated rings. The molecule has 1 heterocycles. The Morgan fingerprint density at radius 1 is 1.50 bits per heavy atom. The lowest BCUT2D eigenvalue weighted by Gasteiger charge is -2.10. The molecule has 5 heteroatoms. The fraction of sp³-hybridized carbons (Fsp3) is 0.462. The Labute approximate surface area is 119 Å². The third-order valence-corrected chi connectivity index (χ3v) is 3.26. The molecule has 1 saturated heterocycles. The Balaban J connectivity index is 0.00000162. The Bertz CT molecular complexity index is 392. The molecule has 0 aliphatic carbocycles. The van der Waals surface area contributed by atoms with Crippen LogP contribution in [-0.4, -0.2) is 25.0 Å². The van der Waals surface area contributed by atoms with Gasteiger partial charge in [-0.3, -0.25) is 4.79 Å². The molecule has 3 nitrogen and oxygen atoms in total. The Kier molecular flexibility index (Phi) is 6.47. The topological polar surface area (TPSA) is 41.1 Å². The van der Waals surface area contributed by atoms with E-state index in [4.69, 9.17) is 11.6 Å². The number of carbonyl (C=O) groups is 1. The number of benzene rings is 1. The number of carbonyl (C=O) groups excluding carboxylic acids is 1. The minimum absolute atomic E-state index is 0. The van der Waals surface area contributed by atoms with Crippen LogP contribution >= 0.6 is 24.0 Å². The van der Waals surface area contributed by atoms with Gasteiger partial charge in [0.05, 0.1) is 0 Å². The van der Waals surface area contributed by atoms with Crippen molar-refractivity contribution in [2.45, 2.75) is 25.3 Å². The van der Waals surface area contributed by atoms with E-state index in [1.807, 2.05) is 0 Å². The maximum absolute atomic E-state index is 11.8. The van der Waals surface area contributed by atoms with Gasteiger partial charge in [0.25, 0.3) is 5.91 Å². The highest BCUT2D eigenvalue weighted by molar-refractivity contribution is 6.30. The summed E-state index contributed by atoms with van der Waals surface area (Å²) in [5.74, 6) is -0.0505. The first-order valence-electron chi connectivity index (χ1n) is 6.03. The molecular weight excluding hydrogens is 271 g/mol. The molecule has 0 radical (unpaired) electrons. The van der Waals surface area contributed by atoms with Gasteiger partial charge in [-0.1, -0.05) is 17.7 Å². The first kappa shape index (κ1) is 15.3. The van der Waals surface area contributed by atoms with Crippen molar-refractivity contribution < 1.29 is 4.79 Å². The van der Waals surface area contributed by atoms with Gasteiger partial charge in [0.2, 0.25) is 0 Å². The summed E-state index contributed by atoms with van der Waals surface area (Å²) in [7, 11) is 0. The van der Waals surface area contributed by atoms with Gasteiger partial charge < -0.3 is 10.6 Å². The lowest BCUT2D eigenvalue weighted by atomic mass is 10.1. The quantitative estimate of drug-likeness (QED) is 0.894. The molecule has 0 saturated carbocycles. The van der Waals surface area contributed by atoms with Crippen molar-refractivity contribution in [2.24, 2.45) is 0 Å². The van der Waals surface area contributed by atoms with E-state index in [1.54, 1.807) is 24.3 Å². The van der Waals surface area contributed by atoms with Crippen molar-refractivity contribution in [3.05, 3.63) is 34.9 Å². The zero-order valence-electron chi connectivity index (χ0n) is 10.1. The molecule has 1 atom stereocenters. The number of hydrogen-bond acceptors (Lipinski definition) is 2. The molecule has 1 amide bonds. The van der Waals surface area contributed by atoms with E-state index in [2.05, 4.69) is 10.6 Å². The van der Waals surface area contributed by atoms with Crippen LogP contribution in [0.25, 0.3) is 0 Å². The third kappa shape index (κ3) is 4.48. The minimum Gasteiger partial charge on any atom is -0.352 e. The van der Waals surface area contributed by atoms with Gasteiger partial charge in [0.15, 0.2) is 0 Å². The number of halogens is 2. The summed E-state index contributed by atoms with van der Waals surface area (Å²) in [6.45, 7) is 1.82. The van der Waals surface area contributed by atoms with E-state index < -0.39 is 0 Å². The average Bonchev–Trinajstić information content (AvgIpc) is 2.82. The highest BCUT2D eigenvalue weighted by atomic mass is 35.5. The van der Waals surface area contributed by atoms with Crippen molar-refractivity contribution in [1.29, 1.82) is 0 Å². The normalized spacial score (nSPS) is 18.2. The SMILES string of the molecule is Cl.O=C(NCC[C@H]1CCCN1)c1cccc(Cl)c1. The number of hydrogen-bond donors (Lipinski definition) is 2. The standard InChI is InChI=1S/C13H17ClN2O.ClH/c14-11-4-1-3-10(9-11)13(17)16-8-6-12-5-2-7-15-12;/h1,3-4,9,12,15H,2,5-8H2,(H,16,17);1H/t12-;/m1./s1. The van der Waals surface area contributed by atoms with Gasteiger partial charge in [-0.2, -0.15) is 0 Å². The molecule has 0 unspecified atom stereocenters. The second-order valence-corrected chi connectivity index (χ2v) is 4.78. The van der Waals surface area contributed by atoms with Crippen LogP contribution in [-0.2, 0) is 0 Å². The van der Waals surface area contributed by atoms with E-state index in [0.29, 0.717) is 23.2 Å². The summed E-state index contributed by atoms with van der Waals surface area (Å²) in [5, 5.41) is 6.91. The molecule has 1 aromatic carbocycles. The van der Waals surface area contributed by atoms with Gasteiger partial charge in [0, 0.05) is 23.2 Å². The molecular formula is C13H18Cl2N2O. The maximum atomic E-state index is 11.8. The molecule has 18 heavy (non-hydrogen) atoms. The Hall–Kier alpha value is -0.770. The predicted molar refractivity (Wildman–Crippen MR) is 76.7 cm³/mol. The second-order valence-electron chi connectivity index (χ2n) is 4.35. The summed E-state index contributed by atoms with van der Waals surface area (Å²) in [5.41, 5.74) is 0.622. The monoisotopic (exact) mass is 288 g/mol. The predicted octanol–water partition coefficient (Wildman–Crippen LogP) is 2.63. The lowest BCUT2D eigenvalue weighted by Crippen LogP contribution is -2.30. The van der Waals surface area contributed by atoms with Gasteiger partial charge in [0.1, 0.15) is 0 Å². The molecule has 1 aliphatic heterocycles. The maximum Gasteiger partial charge on any atom is 0.251 e. The number of amides is 1. The van der Waals surface area contributed by atoms with E-state index >= 15 is 0 Å². The highest BCUT2D eigenvalue weighted by Crippen LogP contribution is 2.11. The van der Waals surface area contributed by atoms with Crippen molar-refractivity contribution in [2.75, 3.05) is 13.1 Å². The van der Waals surface area contributed by atoms with E-state index in [-0.39, 0.29) is 18.3 Å². The zero-order valence-corrected chi connectivity index (χ0v) is 11.7. The van der Waals surface area contributed by atoms with E-state index in [9.17, 15) is 4.79 Å². The average molecular weight is 289 g/mol. The molecule has 100 valence electrons. The second kappa shape index (κ2) is 7.62. The fourth-order valence-corrected chi connectivity index (χ4v) is 2.29. The molecule has 2 rings (SSSR count). The number of nitrogens with one attached hydrogen (secondary N) is 2. The number of rotatable bonds is 4. The fourth-order valence-electron chi connectivity index (χ4n) is 2.09. The Morgan fingerprint density at radius 2 is 2.33 bits per heavy atom. The van der Waals surface area contributed by atoms with Crippen molar-refractivity contribution in [1.82, 2.24) is 10.6 Å². The highest BCUT2D eigenvalue weighted by Gasteiger charge is 2.13. The smallest absolute Gasteiger partial charge is 0.251 e. The van der Waals surface area contributed by atoms with Crippen LogP contribution in [0.3, 0.4) is 0 Å². The van der Waals surface area contributed by atoms with E-state index in [1.165, 1.54) is 12.8 Å². The molecule has 2 N–H and O–H groups in total. The zero-order chi connectivity index (χ0) is 12.1. The molecule has 1 aliphatic rings. The van der Waals surface area contributed by atoms with Crippen LogP contribution in [0, 0.1) is 0 Å². The van der Waals surface area contributed by atoms with Gasteiger partial charge >= 0.3 is 0 Å². The largest absolute Gasteiger partial charge is 0.352 e. The summed E-state index contributed by atoms with van der Waals surface area (Å²) in [6, 6.07) is 7.57. The lowest BCUT2D eigenvalue weighted by molar-refractivity contribution is 0.0952. The van der Waals surface area contributed by atoms with Crippen LogP contribution in [0.4, 0.5) is 0 Å². The minimum atomic E-state index is -0.0505. The van der Waals surface area contributed by atoms with Gasteiger partial charge in [-0.25, -0.2) is 0 Å². The van der Waals surface area contributed by atoms with Gasteiger partial charge in [-0.05, 0) is 44.0 Å². The first-order valence-corrected chi connectivity index (χ1v) is 6.40. The summed E-state index contributed by atoms with van der Waals surface area (Å²) >= 11 is 5.84. The van der Waals surface area contributed by atoms with Crippen LogP contribution in [0.1, 0.15) is 29.6 Å². The van der Waals surface area contributed by atoms with Crippen molar-refractivity contribution in [3.8, 4) is 0 Å². The van der Waals surface area contributed by atoms with E-state index in [0.717, 1.165) is 13.0 Å². The molecule has 0 spiro atoms. The molecule has 0 aromatic heterocycles. The summed E-state index contributed by atoms with van der Waals surface area (Å²) in [6.07, 6.45) is 3.45. The Morgan fingerprint density at radius 3 is 3.00 bits per heavy atom. The third-order valence-electron chi connectivity index (χ3n) is 3.03. The van der Waals surface area contributed by atoms with Crippen molar-refractivity contribution >= 4 is 29.9 Å². The van der Waals surface area contributed by atoms with Gasteiger partial charge in [-0.15, -0.1) is 12.4 Å².